The topological polar surface area (TPSA) is 89.4 Å². The van der Waals surface area contributed by atoms with E-state index in [1.165, 1.54) is 17.7 Å². The van der Waals surface area contributed by atoms with Crippen molar-refractivity contribution >= 4 is 22.9 Å². The zero-order valence-corrected chi connectivity index (χ0v) is 15.4. The van der Waals surface area contributed by atoms with E-state index >= 15 is 0 Å². The number of fused-ring (bicyclic) bond motifs is 1. The Morgan fingerprint density at radius 3 is 3.15 bits per heavy atom. The van der Waals surface area contributed by atoms with Crippen LogP contribution in [0.3, 0.4) is 0 Å². The normalized spacial score (nSPS) is 18.4. The molecule has 0 spiro atoms. The van der Waals surface area contributed by atoms with Crippen LogP contribution in [-0.2, 0) is 24.2 Å². The number of amides is 1. The van der Waals surface area contributed by atoms with Gasteiger partial charge in [0.2, 0.25) is 5.91 Å². The van der Waals surface area contributed by atoms with Gasteiger partial charge in [-0.3, -0.25) is 14.1 Å². The zero-order chi connectivity index (χ0) is 17.9. The molecule has 26 heavy (non-hydrogen) atoms. The Morgan fingerprint density at radius 2 is 2.27 bits per heavy atom. The van der Waals surface area contributed by atoms with Gasteiger partial charge in [-0.15, -0.1) is 21.5 Å². The van der Waals surface area contributed by atoms with Crippen molar-refractivity contribution in [2.75, 3.05) is 13.1 Å². The van der Waals surface area contributed by atoms with E-state index in [1.54, 1.807) is 11.3 Å². The van der Waals surface area contributed by atoms with Gasteiger partial charge in [-0.2, -0.15) is 0 Å². The smallest absolute Gasteiger partial charge is 0.224 e. The number of carbonyl (C=O) groups excluding carboxylic acids is 1. The van der Waals surface area contributed by atoms with Crippen LogP contribution in [0.1, 0.15) is 28.6 Å². The second-order valence-corrected chi connectivity index (χ2v) is 8.06. The number of primary amides is 1. The minimum Gasteiger partial charge on any atom is -0.369 e. The SMILES string of the molecule is NC(=O)Cc1ncc(CN2CCCC(Cc3nnc4ccccn34)C2)s1. The Bertz CT molecular complexity index is 904. The Labute approximate surface area is 155 Å². The molecule has 1 fully saturated rings. The molecule has 3 aromatic heterocycles. The van der Waals surface area contributed by atoms with E-state index in [0.29, 0.717) is 5.92 Å². The lowest BCUT2D eigenvalue weighted by Crippen LogP contribution is -2.35. The number of rotatable bonds is 6. The molecule has 0 radical (unpaired) electrons. The van der Waals surface area contributed by atoms with E-state index < -0.39 is 0 Å². The van der Waals surface area contributed by atoms with Gasteiger partial charge in [-0.25, -0.2) is 4.98 Å². The highest BCUT2D eigenvalue weighted by Gasteiger charge is 2.22. The standard InChI is InChI=1S/C18H22N6OS/c19-15(25)9-18-20-10-14(26-18)12-23-6-3-4-13(11-23)8-17-22-21-16-5-1-2-7-24(16)17/h1-2,5,7,10,13H,3-4,6,8-9,11-12H2,(H2,19,25). The molecular formula is C18H22N6OS. The molecule has 136 valence electrons. The highest BCUT2D eigenvalue weighted by molar-refractivity contribution is 7.11. The number of hydrogen-bond donors (Lipinski definition) is 1. The Hall–Kier alpha value is -2.32. The van der Waals surface area contributed by atoms with E-state index in [1.807, 2.05) is 30.6 Å². The fourth-order valence-corrected chi connectivity index (χ4v) is 4.60. The van der Waals surface area contributed by atoms with Gasteiger partial charge in [-0.1, -0.05) is 6.07 Å². The van der Waals surface area contributed by atoms with Crippen LogP contribution in [0.25, 0.3) is 5.65 Å². The van der Waals surface area contributed by atoms with Gasteiger partial charge in [0.15, 0.2) is 5.65 Å². The number of carbonyl (C=O) groups is 1. The maximum absolute atomic E-state index is 11.0. The minimum absolute atomic E-state index is 0.229. The van der Waals surface area contributed by atoms with Crippen LogP contribution in [0.5, 0.6) is 0 Å². The predicted molar refractivity (Wildman–Crippen MR) is 99.7 cm³/mol. The molecule has 4 heterocycles. The molecule has 1 unspecified atom stereocenters. The summed E-state index contributed by atoms with van der Waals surface area (Å²) in [6.07, 6.45) is 7.48. The summed E-state index contributed by atoms with van der Waals surface area (Å²) >= 11 is 1.58. The molecule has 3 aromatic rings. The second-order valence-electron chi connectivity index (χ2n) is 6.86. The van der Waals surface area contributed by atoms with Gasteiger partial charge >= 0.3 is 0 Å². The Morgan fingerprint density at radius 1 is 1.35 bits per heavy atom. The first-order valence-corrected chi connectivity index (χ1v) is 9.72. The van der Waals surface area contributed by atoms with Crippen molar-refractivity contribution in [3.63, 3.8) is 0 Å². The van der Waals surface area contributed by atoms with Crippen LogP contribution in [-0.4, -0.2) is 43.5 Å². The lowest BCUT2D eigenvalue weighted by atomic mass is 9.94. The van der Waals surface area contributed by atoms with Crippen LogP contribution in [0.15, 0.2) is 30.6 Å². The van der Waals surface area contributed by atoms with Gasteiger partial charge in [0.05, 0.1) is 6.42 Å². The van der Waals surface area contributed by atoms with Gasteiger partial charge in [0.25, 0.3) is 0 Å². The summed E-state index contributed by atoms with van der Waals surface area (Å²) in [7, 11) is 0. The number of nitrogens with zero attached hydrogens (tertiary/aromatic N) is 5. The molecule has 7 nitrogen and oxygen atoms in total. The largest absolute Gasteiger partial charge is 0.369 e. The highest BCUT2D eigenvalue weighted by atomic mass is 32.1. The quantitative estimate of drug-likeness (QED) is 0.713. The van der Waals surface area contributed by atoms with Crippen molar-refractivity contribution in [2.24, 2.45) is 11.7 Å². The van der Waals surface area contributed by atoms with E-state index in [0.717, 1.165) is 42.5 Å². The van der Waals surface area contributed by atoms with Crippen LogP contribution >= 0.6 is 11.3 Å². The number of thiazole rings is 1. The number of nitrogens with two attached hydrogens (primary N) is 1. The Balaban J connectivity index is 1.38. The highest BCUT2D eigenvalue weighted by Crippen LogP contribution is 2.23. The van der Waals surface area contributed by atoms with Crippen LogP contribution in [0.2, 0.25) is 0 Å². The van der Waals surface area contributed by atoms with E-state index in [4.69, 9.17) is 5.73 Å². The molecule has 1 atom stereocenters. The van der Waals surface area contributed by atoms with Crippen molar-refractivity contribution in [3.8, 4) is 0 Å². The lowest BCUT2D eigenvalue weighted by molar-refractivity contribution is -0.117. The molecule has 1 saturated heterocycles. The van der Waals surface area contributed by atoms with Gasteiger partial charge < -0.3 is 5.73 Å². The molecule has 4 rings (SSSR count). The van der Waals surface area contributed by atoms with E-state index in [-0.39, 0.29) is 12.3 Å². The average molecular weight is 370 g/mol. The first-order chi connectivity index (χ1) is 12.7. The monoisotopic (exact) mass is 370 g/mol. The third-order valence-electron chi connectivity index (χ3n) is 4.77. The predicted octanol–water partition coefficient (Wildman–Crippen LogP) is 1.67. The number of likely N-dealkylation sites (tertiary alicyclic amines) is 1. The van der Waals surface area contributed by atoms with Crippen molar-refractivity contribution in [3.05, 3.63) is 46.3 Å². The molecular weight excluding hydrogens is 348 g/mol. The molecule has 1 aliphatic rings. The van der Waals surface area contributed by atoms with Crippen molar-refractivity contribution in [1.82, 2.24) is 24.5 Å². The molecule has 0 bridgehead atoms. The van der Waals surface area contributed by atoms with Gasteiger partial charge in [-0.05, 0) is 37.4 Å². The second kappa shape index (κ2) is 7.51. The molecule has 8 heteroatoms. The number of aromatic nitrogens is 4. The number of pyridine rings is 1. The Kier molecular flexibility index (Phi) is 4.94. The molecule has 0 saturated carbocycles. The van der Waals surface area contributed by atoms with Gasteiger partial charge in [0.1, 0.15) is 10.8 Å². The fourth-order valence-electron chi connectivity index (χ4n) is 3.62. The third kappa shape index (κ3) is 3.91. The first kappa shape index (κ1) is 17.1. The number of piperidine rings is 1. The summed E-state index contributed by atoms with van der Waals surface area (Å²) in [5, 5.41) is 9.43. The first-order valence-electron chi connectivity index (χ1n) is 8.90. The van der Waals surface area contributed by atoms with Crippen LogP contribution < -0.4 is 5.73 Å². The van der Waals surface area contributed by atoms with Crippen molar-refractivity contribution in [1.29, 1.82) is 0 Å². The zero-order valence-electron chi connectivity index (χ0n) is 14.5. The summed E-state index contributed by atoms with van der Waals surface area (Å²) in [5.41, 5.74) is 6.15. The molecule has 1 aliphatic heterocycles. The maximum atomic E-state index is 11.0. The number of hydrogen-bond acceptors (Lipinski definition) is 6. The van der Waals surface area contributed by atoms with Crippen LogP contribution in [0, 0.1) is 5.92 Å². The van der Waals surface area contributed by atoms with E-state index in [2.05, 4.69) is 24.5 Å². The summed E-state index contributed by atoms with van der Waals surface area (Å²) in [6, 6.07) is 5.98. The molecule has 0 aromatic carbocycles. The van der Waals surface area contributed by atoms with Crippen molar-refractivity contribution < 1.29 is 4.79 Å². The summed E-state index contributed by atoms with van der Waals surface area (Å²) < 4.78 is 2.08. The van der Waals surface area contributed by atoms with Crippen molar-refractivity contribution in [2.45, 2.75) is 32.2 Å². The summed E-state index contributed by atoms with van der Waals surface area (Å²) in [5.74, 6) is 1.29. The van der Waals surface area contributed by atoms with E-state index in [9.17, 15) is 4.79 Å². The summed E-state index contributed by atoms with van der Waals surface area (Å²) in [6.45, 7) is 3.03. The lowest BCUT2D eigenvalue weighted by Gasteiger charge is -2.32. The summed E-state index contributed by atoms with van der Waals surface area (Å²) in [4.78, 5) is 19.0. The molecule has 0 aliphatic carbocycles. The molecule has 2 N–H and O–H groups in total. The van der Waals surface area contributed by atoms with Crippen LogP contribution in [0.4, 0.5) is 0 Å². The molecule has 1 amide bonds. The fraction of sp³-hybridized carbons (Fsp3) is 0.444. The average Bonchev–Trinajstić information content (AvgIpc) is 3.22. The van der Waals surface area contributed by atoms with Gasteiger partial charge in [0, 0.05) is 36.8 Å². The third-order valence-corrected chi connectivity index (χ3v) is 5.75. The minimum atomic E-state index is -0.329. The maximum Gasteiger partial charge on any atom is 0.224 e.